The average molecular weight is 504 g/mol. The van der Waals surface area contributed by atoms with Gasteiger partial charge in [0.2, 0.25) is 11.8 Å². The number of nitrogens with two attached hydrogens (primary N) is 1. The van der Waals surface area contributed by atoms with Crippen molar-refractivity contribution in [3.63, 3.8) is 0 Å². The molecule has 0 spiro atoms. The average Bonchev–Trinajstić information content (AvgIpc) is 2.74. The summed E-state index contributed by atoms with van der Waals surface area (Å²) >= 11 is 1.42. The van der Waals surface area contributed by atoms with E-state index in [4.69, 9.17) is 5.73 Å². The largest absolute Gasteiger partial charge is 0.383 e. The highest BCUT2D eigenvalue weighted by Gasteiger charge is 2.27. The number of aromatic nitrogens is 2. The van der Waals surface area contributed by atoms with E-state index >= 15 is 0 Å². The van der Waals surface area contributed by atoms with E-state index in [1.165, 1.54) is 26.1 Å². The number of nitrogens with one attached hydrogen (secondary N) is 1. The molecule has 1 aromatic carbocycles. The number of amides is 2. The fourth-order valence-electron chi connectivity index (χ4n) is 3.65. The van der Waals surface area contributed by atoms with Gasteiger partial charge in [-0.05, 0) is 37.3 Å². The third-order valence-corrected chi connectivity index (χ3v) is 6.52. The van der Waals surface area contributed by atoms with Crippen molar-refractivity contribution in [3.05, 3.63) is 50.2 Å². The van der Waals surface area contributed by atoms with Crippen LogP contribution >= 0.6 is 11.8 Å². The molecule has 0 unspecified atom stereocenters. The first-order valence-corrected chi connectivity index (χ1v) is 12.7. The summed E-state index contributed by atoms with van der Waals surface area (Å²) < 4.78 is 1.28. The first kappa shape index (κ1) is 28.2. The van der Waals surface area contributed by atoms with Crippen LogP contribution in [0.3, 0.4) is 0 Å². The Morgan fingerprint density at radius 1 is 1.09 bits per heavy atom. The van der Waals surface area contributed by atoms with Crippen molar-refractivity contribution >= 4 is 35.1 Å². The Labute approximate surface area is 210 Å². The van der Waals surface area contributed by atoms with Crippen molar-refractivity contribution in [3.8, 4) is 0 Å². The molecule has 0 aliphatic heterocycles. The van der Waals surface area contributed by atoms with Crippen LogP contribution in [0, 0.1) is 25.7 Å². The quantitative estimate of drug-likeness (QED) is 0.481. The lowest BCUT2D eigenvalue weighted by Crippen LogP contribution is -2.47. The van der Waals surface area contributed by atoms with Gasteiger partial charge in [-0.2, -0.15) is 0 Å². The Morgan fingerprint density at radius 2 is 1.74 bits per heavy atom. The molecule has 0 bridgehead atoms. The minimum atomic E-state index is -0.721. The van der Waals surface area contributed by atoms with Gasteiger partial charge in [-0.15, -0.1) is 11.8 Å². The molecule has 0 fully saturated rings. The van der Waals surface area contributed by atoms with Gasteiger partial charge in [0, 0.05) is 25.0 Å². The Morgan fingerprint density at radius 3 is 2.31 bits per heavy atom. The second-order valence-electron chi connectivity index (χ2n) is 9.70. The number of carbonyl (C=O) groups excluding carboxylic acids is 2. The third-order valence-electron chi connectivity index (χ3n) is 5.36. The Bertz CT molecular complexity index is 1190. The van der Waals surface area contributed by atoms with Gasteiger partial charge in [0.15, 0.2) is 5.69 Å². The summed E-state index contributed by atoms with van der Waals surface area (Å²) in [6, 6.07) is 6.04. The van der Waals surface area contributed by atoms with Crippen LogP contribution in [0.1, 0.15) is 38.8 Å². The summed E-state index contributed by atoms with van der Waals surface area (Å²) in [4.78, 5) is 57.1. The van der Waals surface area contributed by atoms with E-state index in [-0.39, 0.29) is 48.1 Å². The SMILES string of the molecule is Cc1ccc(SCC(=O)N(C)CC(=O)N(CC(C)C)c2c(N)n(CC(C)C)c(=O)[nH]c2=O)c(C)c1. The smallest absolute Gasteiger partial charge is 0.330 e. The number of hydrogen-bond acceptors (Lipinski definition) is 6. The van der Waals surface area contributed by atoms with Gasteiger partial charge in [-0.25, -0.2) is 4.79 Å². The molecule has 0 saturated carbocycles. The van der Waals surface area contributed by atoms with Crippen LogP contribution in [0.2, 0.25) is 0 Å². The van der Waals surface area contributed by atoms with Crippen LogP contribution < -0.4 is 21.9 Å². The Balaban J connectivity index is 2.25. The molecule has 2 amide bonds. The zero-order chi connectivity index (χ0) is 26.4. The second-order valence-corrected chi connectivity index (χ2v) is 10.7. The molecular formula is C25H37N5O4S. The molecule has 2 aromatic rings. The molecule has 9 nitrogen and oxygen atoms in total. The molecule has 0 aliphatic carbocycles. The topological polar surface area (TPSA) is 121 Å². The van der Waals surface area contributed by atoms with Crippen molar-refractivity contribution in [1.82, 2.24) is 14.5 Å². The van der Waals surface area contributed by atoms with Crippen molar-refractivity contribution in [2.75, 3.05) is 36.5 Å². The van der Waals surface area contributed by atoms with Crippen molar-refractivity contribution in [1.29, 1.82) is 0 Å². The highest BCUT2D eigenvalue weighted by molar-refractivity contribution is 8.00. The van der Waals surface area contributed by atoms with E-state index in [1.807, 2.05) is 53.7 Å². The second kappa shape index (κ2) is 12.1. The standard InChI is InChI=1S/C25H37N5O4S/c1-15(2)11-29(22-23(26)30(12-16(3)4)25(34)27-24(22)33)20(31)13-28(7)21(32)14-35-19-9-8-17(5)10-18(19)6/h8-10,15-16H,11-14,26H2,1-7H3,(H,27,33,34). The van der Waals surface area contributed by atoms with E-state index in [0.717, 1.165) is 16.0 Å². The number of rotatable bonds is 10. The van der Waals surface area contributed by atoms with Crippen LogP contribution in [-0.2, 0) is 16.1 Å². The fourth-order valence-corrected chi connectivity index (χ4v) is 4.61. The number of H-pyrrole nitrogens is 1. The molecule has 0 radical (unpaired) electrons. The number of benzene rings is 1. The summed E-state index contributed by atoms with van der Waals surface area (Å²) in [5.74, 6) is -0.413. The number of anilines is 2. The van der Waals surface area contributed by atoms with E-state index in [1.54, 1.807) is 7.05 Å². The number of carbonyl (C=O) groups is 2. The summed E-state index contributed by atoms with van der Waals surface area (Å²) in [6.07, 6.45) is 0. The summed E-state index contributed by atoms with van der Waals surface area (Å²) in [7, 11) is 1.56. The van der Waals surface area contributed by atoms with Crippen LogP contribution in [0.15, 0.2) is 32.7 Å². The Hall–Kier alpha value is -3.01. The molecule has 2 rings (SSSR count). The van der Waals surface area contributed by atoms with E-state index in [2.05, 4.69) is 11.1 Å². The number of aromatic amines is 1. The number of nitrogen functional groups attached to an aromatic ring is 1. The number of nitrogens with zero attached hydrogens (tertiary/aromatic N) is 3. The molecule has 35 heavy (non-hydrogen) atoms. The lowest BCUT2D eigenvalue weighted by molar-refractivity contribution is -0.131. The highest BCUT2D eigenvalue weighted by Crippen LogP contribution is 2.24. The zero-order valence-corrected chi connectivity index (χ0v) is 22.5. The van der Waals surface area contributed by atoms with Crippen LogP contribution in [-0.4, -0.2) is 52.2 Å². The Kier molecular flexibility index (Phi) is 9.76. The van der Waals surface area contributed by atoms with E-state index in [9.17, 15) is 19.2 Å². The van der Waals surface area contributed by atoms with Gasteiger partial charge >= 0.3 is 5.69 Å². The van der Waals surface area contributed by atoms with Crippen molar-refractivity contribution < 1.29 is 9.59 Å². The van der Waals surface area contributed by atoms with Gasteiger partial charge < -0.3 is 15.5 Å². The number of aryl methyl sites for hydroxylation is 2. The maximum absolute atomic E-state index is 13.3. The van der Waals surface area contributed by atoms with Crippen molar-refractivity contribution in [2.24, 2.45) is 11.8 Å². The maximum Gasteiger partial charge on any atom is 0.330 e. The maximum atomic E-state index is 13.3. The lowest BCUT2D eigenvalue weighted by Gasteiger charge is -2.28. The first-order valence-electron chi connectivity index (χ1n) is 11.7. The minimum absolute atomic E-state index is 0.0179. The first-order chi connectivity index (χ1) is 16.3. The molecule has 10 heteroatoms. The molecular weight excluding hydrogens is 466 g/mol. The predicted molar refractivity (Wildman–Crippen MR) is 142 cm³/mol. The van der Waals surface area contributed by atoms with Gasteiger partial charge in [-0.1, -0.05) is 45.4 Å². The normalized spacial score (nSPS) is 11.2. The van der Waals surface area contributed by atoms with Gasteiger partial charge in [0.1, 0.15) is 5.82 Å². The summed E-state index contributed by atoms with van der Waals surface area (Å²) in [5.41, 5.74) is 7.09. The summed E-state index contributed by atoms with van der Waals surface area (Å²) in [6.45, 7) is 12.0. The lowest BCUT2D eigenvalue weighted by atomic mass is 10.2. The molecule has 1 aromatic heterocycles. The third kappa shape index (κ3) is 7.48. The van der Waals surface area contributed by atoms with Crippen molar-refractivity contribution in [2.45, 2.75) is 53.0 Å². The number of likely N-dealkylation sites (N-methyl/N-ethyl adjacent to an activating group) is 1. The number of hydrogen-bond donors (Lipinski definition) is 2. The molecule has 1 heterocycles. The van der Waals surface area contributed by atoms with Gasteiger partial charge in [0.25, 0.3) is 5.56 Å². The highest BCUT2D eigenvalue weighted by atomic mass is 32.2. The van der Waals surface area contributed by atoms with Gasteiger partial charge in [-0.3, -0.25) is 23.9 Å². The monoisotopic (exact) mass is 503 g/mol. The van der Waals surface area contributed by atoms with Crippen LogP contribution in [0.5, 0.6) is 0 Å². The van der Waals surface area contributed by atoms with Gasteiger partial charge in [0.05, 0.1) is 12.3 Å². The fraction of sp³-hybridized carbons (Fsp3) is 0.520. The van der Waals surface area contributed by atoms with Crippen LogP contribution in [0.4, 0.5) is 11.5 Å². The molecule has 0 atom stereocenters. The van der Waals surface area contributed by atoms with Crippen LogP contribution in [0.25, 0.3) is 0 Å². The predicted octanol–water partition coefficient (Wildman–Crippen LogP) is 2.63. The van der Waals surface area contributed by atoms with E-state index < -0.39 is 17.2 Å². The minimum Gasteiger partial charge on any atom is -0.383 e. The molecule has 0 saturated heterocycles. The molecule has 0 aliphatic rings. The molecule has 192 valence electrons. The van der Waals surface area contributed by atoms with E-state index in [0.29, 0.717) is 6.54 Å². The molecule has 3 N–H and O–H groups in total. The summed E-state index contributed by atoms with van der Waals surface area (Å²) in [5, 5.41) is 0. The zero-order valence-electron chi connectivity index (χ0n) is 21.7. The number of thioether (sulfide) groups is 1.